The zero-order chi connectivity index (χ0) is 10.5. The van der Waals surface area contributed by atoms with Crippen molar-refractivity contribution in [3.05, 3.63) is 35.4 Å². The summed E-state index contributed by atoms with van der Waals surface area (Å²) in [4.78, 5) is 0. The molecule has 0 amide bonds. The molecule has 1 heterocycles. The lowest BCUT2D eigenvalue weighted by Crippen LogP contribution is -2.28. The van der Waals surface area contributed by atoms with Crippen molar-refractivity contribution in [1.82, 2.24) is 5.32 Å². The lowest BCUT2D eigenvalue weighted by atomic mass is 9.91. The van der Waals surface area contributed by atoms with Crippen LogP contribution in [0.5, 0.6) is 0 Å². The molecule has 1 aliphatic heterocycles. The van der Waals surface area contributed by atoms with E-state index in [1.165, 1.54) is 30.5 Å². The third-order valence-corrected chi connectivity index (χ3v) is 3.32. The molecule has 1 unspecified atom stereocenters. The number of benzene rings is 1. The summed E-state index contributed by atoms with van der Waals surface area (Å²) in [7, 11) is 0. The van der Waals surface area contributed by atoms with E-state index in [0.29, 0.717) is 11.8 Å². The molecule has 1 N–H and O–H groups in total. The lowest BCUT2D eigenvalue weighted by Gasteiger charge is -2.23. The minimum atomic E-state index is 0.712. The highest BCUT2D eigenvalue weighted by molar-refractivity contribution is 6.17. The molecule has 1 aromatic carbocycles. The Hall–Kier alpha value is -0.530. The first-order valence-corrected chi connectivity index (χ1v) is 6.29. The molecule has 1 fully saturated rings. The Balaban J connectivity index is 2.02. The SMILES string of the molecule is ClCCc1ccc(C2CCCNC2)cc1. The Labute approximate surface area is 96.8 Å². The number of hydrogen-bond donors (Lipinski definition) is 1. The monoisotopic (exact) mass is 223 g/mol. The highest BCUT2D eigenvalue weighted by atomic mass is 35.5. The number of hydrogen-bond acceptors (Lipinski definition) is 1. The van der Waals surface area contributed by atoms with Gasteiger partial charge in [0.15, 0.2) is 0 Å². The van der Waals surface area contributed by atoms with Crippen LogP contribution < -0.4 is 5.32 Å². The van der Waals surface area contributed by atoms with Gasteiger partial charge in [-0.3, -0.25) is 0 Å². The van der Waals surface area contributed by atoms with E-state index in [1.54, 1.807) is 0 Å². The molecule has 1 atom stereocenters. The summed E-state index contributed by atoms with van der Waals surface area (Å²) in [5.41, 5.74) is 2.82. The second-order valence-corrected chi connectivity index (χ2v) is 4.60. The summed E-state index contributed by atoms with van der Waals surface area (Å²) in [6, 6.07) is 8.96. The van der Waals surface area contributed by atoms with Crippen LogP contribution in [0.4, 0.5) is 0 Å². The number of rotatable bonds is 3. The molecule has 0 radical (unpaired) electrons. The maximum atomic E-state index is 5.71. The van der Waals surface area contributed by atoms with Crippen LogP contribution in [0.1, 0.15) is 29.9 Å². The van der Waals surface area contributed by atoms with E-state index >= 15 is 0 Å². The average Bonchev–Trinajstić information content (AvgIpc) is 2.32. The molecule has 15 heavy (non-hydrogen) atoms. The molecule has 1 aliphatic rings. The maximum Gasteiger partial charge on any atom is 0.0263 e. The number of aryl methyl sites for hydroxylation is 1. The predicted molar refractivity (Wildman–Crippen MR) is 65.7 cm³/mol. The van der Waals surface area contributed by atoms with Crippen molar-refractivity contribution in [3.8, 4) is 0 Å². The summed E-state index contributed by atoms with van der Waals surface area (Å²) >= 11 is 5.71. The first-order chi connectivity index (χ1) is 7.40. The van der Waals surface area contributed by atoms with E-state index in [2.05, 4.69) is 29.6 Å². The minimum Gasteiger partial charge on any atom is -0.316 e. The summed E-state index contributed by atoms with van der Waals surface area (Å²) in [5.74, 6) is 1.42. The normalized spacial score (nSPS) is 21.5. The van der Waals surface area contributed by atoms with Crippen molar-refractivity contribution in [1.29, 1.82) is 0 Å². The number of alkyl halides is 1. The Bertz CT molecular complexity index is 288. The zero-order valence-electron chi connectivity index (χ0n) is 9.01. The van der Waals surface area contributed by atoms with Gasteiger partial charge in [0.1, 0.15) is 0 Å². The fourth-order valence-corrected chi connectivity index (χ4v) is 2.42. The molecule has 0 bridgehead atoms. The Kier molecular flexibility index (Phi) is 4.04. The first-order valence-electron chi connectivity index (χ1n) is 5.75. The van der Waals surface area contributed by atoms with Gasteiger partial charge in [0.2, 0.25) is 0 Å². The standard InChI is InChI=1S/C13H18ClN/c14-8-7-11-3-5-12(6-4-11)13-2-1-9-15-10-13/h3-6,13,15H,1-2,7-10H2. The van der Waals surface area contributed by atoms with E-state index in [4.69, 9.17) is 11.6 Å². The van der Waals surface area contributed by atoms with Gasteiger partial charge in [-0.15, -0.1) is 11.6 Å². The van der Waals surface area contributed by atoms with E-state index < -0.39 is 0 Å². The molecular weight excluding hydrogens is 206 g/mol. The van der Waals surface area contributed by atoms with E-state index in [-0.39, 0.29) is 0 Å². The van der Waals surface area contributed by atoms with Crippen molar-refractivity contribution >= 4 is 11.6 Å². The summed E-state index contributed by atoms with van der Waals surface area (Å²) in [5, 5.41) is 3.45. The predicted octanol–water partition coefficient (Wildman–Crippen LogP) is 2.93. The van der Waals surface area contributed by atoms with Gasteiger partial charge in [0.25, 0.3) is 0 Å². The van der Waals surface area contributed by atoms with Gasteiger partial charge in [0, 0.05) is 12.4 Å². The van der Waals surface area contributed by atoms with Gasteiger partial charge in [-0.2, -0.15) is 0 Å². The molecule has 0 saturated carbocycles. The molecule has 82 valence electrons. The number of halogens is 1. The maximum absolute atomic E-state index is 5.71. The summed E-state index contributed by atoms with van der Waals surface area (Å²) < 4.78 is 0. The number of nitrogens with one attached hydrogen (secondary N) is 1. The van der Waals surface area contributed by atoms with E-state index in [9.17, 15) is 0 Å². The molecule has 1 saturated heterocycles. The minimum absolute atomic E-state index is 0.712. The van der Waals surface area contributed by atoms with Crippen LogP contribution in [0.3, 0.4) is 0 Å². The van der Waals surface area contributed by atoms with Crippen LogP contribution in [-0.2, 0) is 6.42 Å². The fourth-order valence-electron chi connectivity index (χ4n) is 2.20. The number of piperidine rings is 1. The van der Waals surface area contributed by atoms with Gasteiger partial charge < -0.3 is 5.32 Å². The van der Waals surface area contributed by atoms with Crippen LogP contribution in [0, 0.1) is 0 Å². The Morgan fingerprint density at radius 3 is 2.67 bits per heavy atom. The fraction of sp³-hybridized carbons (Fsp3) is 0.538. The zero-order valence-corrected chi connectivity index (χ0v) is 9.76. The molecule has 2 heteroatoms. The van der Waals surface area contributed by atoms with Crippen molar-refractivity contribution in [2.24, 2.45) is 0 Å². The Morgan fingerprint density at radius 2 is 2.07 bits per heavy atom. The van der Waals surface area contributed by atoms with Gasteiger partial charge in [0.05, 0.1) is 0 Å². The van der Waals surface area contributed by atoms with Crippen molar-refractivity contribution in [3.63, 3.8) is 0 Å². The smallest absolute Gasteiger partial charge is 0.0263 e. The average molecular weight is 224 g/mol. The van der Waals surface area contributed by atoms with Gasteiger partial charge in [-0.05, 0) is 42.9 Å². The third-order valence-electron chi connectivity index (χ3n) is 3.13. The Morgan fingerprint density at radius 1 is 1.27 bits per heavy atom. The van der Waals surface area contributed by atoms with Crippen molar-refractivity contribution in [2.75, 3.05) is 19.0 Å². The molecule has 1 nitrogen and oxygen atoms in total. The van der Waals surface area contributed by atoms with E-state index in [0.717, 1.165) is 13.0 Å². The highest BCUT2D eigenvalue weighted by Gasteiger charge is 2.14. The molecule has 0 aromatic heterocycles. The van der Waals surface area contributed by atoms with Gasteiger partial charge in [-0.25, -0.2) is 0 Å². The lowest BCUT2D eigenvalue weighted by molar-refractivity contribution is 0.461. The third kappa shape index (κ3) is 2.96. The van der Waals surface area contributed by atoms with Crippen LogP contribution in [-0.4, -0.2) is 19.0 Å². The summed E-state index contributed by atoms with van der Waals surface area (Å²) in [6.07, 6.45) is 3.60. The first kappa shape index (κ1) is 11.0. The second kappa shape index (κ2) is 5.53. The largest absolute Gasteiger partial charge is 0.316 e. The van der Waals surface area contributed by atoms with Gasteiger partial charge >= 0.3 is 0 Å². The van der Waals surface area contributed by atoms with Crippen LogP contribution in [0.2, 0.25) is 0 Å². The molecule has 0 aliphatic carbocycles. The topological polar surface area (TPSA) is 12.0 Å². The van der Waals surface area contributed by atoms with Crippen LogP contribution in [0.15, 0.2) is 24.3 Å². The quantitative estimate of drug-likeness (QED) is 0.778. The van der Waals surface area contributed by atoms with Crippen LogP contribution in [0.25, 0.3) is 0 Å². The highest BCUT2D eigenvalue weighted by Crippen LogP contribution is 2.23. The molecular formula is C13H18ClN. The second-order valence-electron chi connectivity index (χ2n) is 4.22. The van der Waals surface area contributed by atoms with Gasteiger partial charge in [-0.1, -0.05) is 24.3 Å². The van der Waals surface area contributed by atoms with E-state index in [1.807, 2.05) is 0 Å². The van der Waals surface area contributed by atoms with Crippen molar-refractivity contribution < 1.29 is 0 Å². The molecule has 2 rings (SSSR count). The summed E-state index contributed by atoms with van der Waals surface area (Å²) in [6.45, 7) is 2.32. The molecule has 1 aromatic rings. The van der Waals surface area contributed by atoms with Crippen LogP contribution >= 0.6 is 11.6 Å². The molecule has 0 spiro atoms. The van der Waals surface area contributed by atoms with Crippen molar-refractivity contribution in [2.45, 2.75) is 25.2 Å².